The van der Waals surface area contributed by atoms with E-state index in [1.54, 1.807) is 0 Å². The summed E-state index contributed by atoms with van der Waals surface area (Å²) in [5.74, 6) is 0. The first kappa shape index (κ1) is 33.4. The number of rotatable bonds is 2. The number of nitrogens with zero attached hydrogens (tertiary/aromatic N) is 8. The van der Waals surface area contributed by atoms with Gasteiger partial charge in [0.05, 0.1) is 16.2 Å². The van der Waals surface area contributed by atoms with Gasteiger partial charge in [-0.15, -0.1) is 4.95 Å². The van der Waals surface area contributed by atoms with Crippen LogP contribution < -0.4 is 0 Å². The van der Waals surface area contributed by atoms with Crippen LogP contribution in [0.15, 0.2) is 58.6 Å². The van der Waals surface area contributed by atoms with Crippen LogP contribution in [0.4, 0.5) is 52.7 Å². The molecular weight excluding hydrogens is 676 g/mol. The first-order valence-corrected chi connectivity index (χ1v) is 12.5. The average Bonchev–Trinajstić information content (AvgIpc) is 3.00. The lowest BCUT2D eigenvalue weighted by atomic mass is 9.93. The average molecular weight is 684 g/mol. The summed E-state index contributed by atoms with van der Waals surface area (Å²) in [4.78, 5) is 20.6. The Morgan fingerprint density at radius 2 is 0.875 bits per heavy atom. The molecule has 8 nitrogen and oxygen atoms in total. The SMILES string of the molecule is [C-]#[N+]N=C1c2nc(-c3ccc(C(F)(F)F)cc3)c(C(F)(F)F)nc2C(=NC#N)c2nc(-c3ccc(C(F)(F)F)cc3)c(C(F)(F)F)nc21. The van der Waals surface area contributed by atoms with E-state index in [1.807, 2.05) is 0 Å². The summed E-state index contributed by atoms with van der Waals surface area (Å²) in [6.07, 6.45) is -19.3. The Kier molecular flexibility index (Phi) is 7.94. The molecule has 20 heteroatoms. The normalized spacial score (nSPS) is 15.1. The van der Waals surface area contributed by atoms with E-state index in [-0.39, 0.29) is 0 Å². The Morgan fingerprint density at radius 3 is 1.21 bits per heavy atom. The van der Waals surface area contributed by atoms with Gasteiger partial charge in [0.2, 0.25) is 11.9 Å². The molecule has 1 aliphatic rings. The van der Waals surface area contributed by atoms with Crippen molar-refractivity contribution in [1.82, 2.24) is 19.9 Å². The summed E-state index contributed by atoms with van der Waals surface area (Å²) >= 11 is 0. The Morgan fingerprint density at radius 1 is 0.521 bits per heavy atom. The Balaban J connectivity index is 1.84. The number of nitriles is 1. The Bertz CT molecular complexity index is 1930. The van der Waals surface area contributed by atoms with Crippen LogP contribution in [0.5, 0.6) is 0 Å². The number of halogens is 12. The highest BCUT2D eigenvalue weighted by Crippen LogP contribution is 2.41. The van der Waals surface area contributed by atoms with E-state index in [2.05, 4.69) is 35.0 Å². The van der Waals surface area contributed by atoms with Crippen molar-refractivity contribution < 1.29 is 52.7 Å². The van der Waals surface area contributed by atoms with Crippen LogP contribution in [0.3, 0.4) is 0 Å². The second-order valence-electron chi connectivity index (χ2n) is 9.49. The number of aromatic nitrogens is 4. The van der Waals surface area contributed by atoms with E-state index in [4.69, 9.17) is 6.57 Å². The van der Waals surface area contributed by atoms with Crippen molar-refractivity contribution in [3.8, 4) is 28.7 Å². The second-order valence-corrected chi connectivity index (χ2v) is 9.49. The molecule has 0 spiro atoms. The molecule has 2 aromatic heterocycles. The topological polar surface area (TPSA) is 104 Å². The largest absolute Gasteiger partial charge is 0.435 e. The summed E-state index contributed by atoms with van der Waals surface area (Å²) in [6.45, 7) is 7.18. The first-order valence-electron chi connectivity index (χ1n) is 12.5. The van der Waals surface area contributed by atoms with Gasteiger partial charge >= 0.3 is 24.7 Å². The van der Waals surface area contributed by atoms with Crippen molar-refractivity contribution in [1.29, 1.82) is 5.26 Å². The van der Waals surface area contributed by atoms with Crippen LogP contribution in [0.2, 0.25) is 0 Å². The molecule has 2 heterocycles. The van der Waals surface area contributed by atoms with Gasteiger partial charge < -0.3 is 0 Å². The van der Waals surface area contributed by atoms with Gasteiger partial charge in [0.25, 0.3) is 0 Å². The highest BCUT2D eigenvalue weighted by atomic mass is 19.4. The lowest BCUT2D eigenvalue weighted by molar-refractivity contribution is -0.141. The number of hydrogen-bond acceptors (Lipinski definition) is 7. The van der Waals surface area contributed by atoms with Crippen molar-refractivity contribution in [2.75, 3.05) is 0 Å². The molecule has 0 bridgehead atoms. The van der Waals surface area contributed by atoms with Crippen LogP contribution in [-0.2, 0) is 24.7 Å². The molecule has 2 aromatic carbocycles. The summed E-state index contributed by atoms with van der Waals surface area (Å²) in [5.41, 5.74) is -15.1. The van der Waals surface area contributed by atoms with Crippen LogP contribution in [-0.4, -0.2) is 31.4 Å². The van der Waals surface area contributed by atoms with Gasteiger partial charge in [0.15, 0.2) is 11.4 Å². The van der Waals surface area contributed by atoms with Gasteiger partial charge in [-0.1, -0.05) is 24.3 Å². The summed E-state index contributed by atoms with van der Waals surface area (Å²) < 4.78 is 164. The molecule has 0 N–H and O–H groups in total. The molecule has 0 radical (unpaired) electrons. The third-order valence-electron chi connectivity index (χ3n) is 6.51. The van der Waals surface area contributed by atoms with E-state index in [9.17, 15) is 57.9 Å². The number of alkyl halides is 12. The minimum Gasteiger partial charge on any atom is -0.241 e. The molecule has 0 fully saturated rings. The second kappa shape index (κ2) is 11.4. The predicted octanol–water partition coefficient (Wildman–Crippen LogP) is 7.98. The quantitative estimate of drug-likeness (QED) is 0.0812. The fourth-order valence-corrected chi connectivity index (χ4v) is 4.49. The van der Waals surface area contributed by atoms with Gasteiger partial charge in [-0.3, -0.25) is 0 Å². The fraction of sp³-hybridized carbons (Fsp3) is 0.143. The Hall–Kier alpha value is -5.92. The number of aliphatic imine (C=N–C) groups is 1. The highest BCUT2D eigenvalue weighted by molar-refractivity contribution is 6.29. The highest BCUT2D eigenvalue weighted by Gasteiger charge is 2.45. The predicted molar refractivity (Wildman–Crippen MR) is 138 cm³/mol. The number of hydrogen-bond donors (Lipinski definition) is 0. The van der Waals surface area contributed by atoms with Crippen LogP contribution in [0, 0.1) is 18.0 Å². The molecule has 244 valence electrons. The first-order chi connectivity index (χ1) is 22.3. The van der Waals surface area contributed by atoms with E-state index >= 15 is 0 Å². The zero-order valence-electron chi connectivity index (χ0n) is 22.7. The lowest BCUT2D eigenvalue weighted by Gasteiger charge is -2.23. The van der Waals surface area contributed by atoms with Crippen molar-refractivity contribution in [3.05, 3.63) is 105 Å². The van der Waals surface area contributed by atoms with E-state index in [1.165, 1.54) is 6.19 Å². The maximum absolute atomic E-state index is 14.3. The lowest BCUT2D eigenvalue weighted by Crippen LogP contribution is -2.31. The van der Waals surface area contributed by atoms with Gasteiger partial charge in [-0.05, 0) is 24.3 Å². The Labute approximate surface area is 258 Å². The van der Waals surface area contributed by atoms with Crippen molar-refractivity contribution >= 4 is 11.4 Å². The monoisotopic (exact) mass is 684 g/mol. The smallest absolute Gasteiger partial charge is 0.241 e. The van der Waals surface area contributed by atoms with Gasteiger partial charge in [0, 0.05) is 11.1 Å². The third-order valence-corrected chi connectivity index (χ3v) is 6.51. The van der Waals surface area contributed by atoms with Gasteiger partial charge in [-0.25, -0.2) is 19.9 Å². The maximum atomic E-state index is 14.3. The number of benzene rings is 2. The van der Waals surface area contributed by atoms with E-state index < -0.39 is 104 Å². The summed E-state index contributed by atoms with van der Waals surface area (Å²) in [7, 11) is 0. The molecule has 0 aliphatic heterocycles. The fourth-order valence-electron chi connectivity index (χ4n) is 4.49. The van der Waals surface area contributed by atoms with Crippen LogP contribution in [0.25, 0.3) is 27.5 Å². The summed E-state index contributed by atoms with van der Waals surface area (Å²) in [5, 5.41) is 12.7. The van der Waals surface area contributed by atoms with Gasteiger partial charge in [0.1, 0.15) is 39.9 Å². The van der Waals surface area contributed by atoms with Crippen LogP contribution in [0.1, 0.15) is 45.3 Å². The molecular formula is C28H8F12N8. The van der Waals surface area contributed by atoms with E-state index in [0.717, 1.165) is 0 Å². The molecule has 4 aromatic rings. The molecule has 0 amide bonds. The summed E-state index contributed by atoms with van der Waals surface area (Å²) in [6, 6.07) is 4.24. The molecule has 1 aliphatic carbocycles. The molecule has 0 atom stereocenters. The minimum atomic E-state index is -5.38. The molecule has 48 heavy (non-hydrogen) atoms. The maximum Gasteiger partial charge on any atom is 0.435 e. The third kappa shape index (κ3) is 6.11. The zero-order chi connectivity index (χ0) is 35.4. The number of fused-ring (bicyclic) bond motifs is 2. The van der Waals surface area contributed by atoms with Crippen molar-refractivity contribution in [2.24, 2.45) is 10.1 Å². The zero-order valence-corrected chi connectivity index (χ0v) is 22.7. The molecule has 5 rings (SSSR count). The van der Waals surface area contributed by atoms with E-state index in [0.29, 0.717) is 48.5 Å². The molecule has 0 saturated heterocycles. The van der Waals surface area contributed by atoms with Crippen LogP contribution >= 0.6 is 0 Å². The molecule has 0 saturated carbocycles. The minimum absolute atomic E-state index is 0.436. The van der Waals surface area contributed by atoms with Crippen molar-refractivity contribution in [3.63, 3.8) is 0 Å². The molecule has 0 unspecified atom stereocenters. The van der Waals surface area contributed by atoms with Gasteiger partial charge in [-0.2, -0.15) is 69.5 Å². The van der Waals surface area contributed by atoms with Crippen molar-refractivity contribution in [2.45, 2.75) is 24.7 Å². The standard InChI is InChI=1S/C28H8F12N8/c1-42-48-22-20-19(46-23(27(35,36)37)16(45-20)12-4-8-14(9-5-12)26(32,33)34)17(43-10-41)18-21(22)47-24(28(38,39)40)15(44-18)11-2-6-13(7-3-11)25(29,30)31/h2-9H.